The second-order valence-corrected chi connectivity index (χ2v) is 6.96. The molecule has 140 valence electrons. The van der Waals surface area contributed by atoms with Crippen molar-refractivity contribution in [3.05, 3.63) is 69.6 Å². The summed E-state index contributed by atoms with van der Waals surface area (Å²) in [7, 11) is 0. The third kappa shape index (κ3) is 4.40. The van der Waals surface area contributed by atoms with E-state index in [1.54, 1.807) is 30.3 Å². The van der Waals surface area contributed by atoms with Crippen LogP contribution in [-0.2, 0) is 11.2 Å². The first-order chi connectivity index (χ1) is 12.8. The topological polar surface area (TPSA) is 88.0 Å². The number of carbonyl (C=O) groups excluding carboxylic acids is 2. The van der Waals surface area contributed by atoms with Crippen LogP contribution >= 0.6 is 23.2 Å². The van der Waals surface area contributed by atoms with Gasteiger partial charge >= 0.3 is 0 Å². The molecule has 1 atom stereocenters. The van der Waals surface area contributed by atoms with Gasteiger partial charge in [-0.25, -0.2) is 4.39 Å². The molecule has 2 aromatic carbocycles. The number of halogens is 3. The third-order valence-electron chi connectivity index (χ3n) is 4.23. The van der Waals surface area contributed by atoms with E-state index in [0.29, 0.717) is 15.9 Å². The molecule has 0 aliphatic rings. The Morgan fingerprint density at radius 2 is 1.85 bits per heavy atom. The lowest BCUT2D eigenvalue weighted by Gasteiger charge is -2.14. The van der Waals surface area contributed by atoms with E-state index in [9.17, 15) is 14.0 Å². The highest BCUT2D eigenvalue weighted by atomic mass is 35.5. The van der Waals surface area contributed by atoms with Crippen molar-refractivity contribution in [1.29, 1.82) is 0 Å². The number of primary amides is 1. The molecule has 2 amide bonds. The second kappa shape index (κ2) is 7.98. The van der Waals surface area contributed by atoms with Crippen molar-refractivity contribution in [3.8, 4) is 0 Å². The predicted octanol–water partition coefficient (Wildman–Crippen LogP) is 3.69. The number of carbonyl (C=O) groups is 2. The lowest BCUT2D eigenvalue weighted by atomic mass is 9.98. The zero-order chi connectivity index (χ0) is 19.6. The average molecular weight is 408 g/mol. The number of H-pyrrole nitrogens is 1. The van der Waals surface area contributed by atoms with Gasteiger partial charge in [0.15, 0.2) is 0 Å². The first kappa shape index (κ1) is 19.2. The maximum atomic E-state index is 13.0. The Morgan fingerprint density at radius 1 is 1.15 bits per heavy atom. The number of aromatic nitrogens is 1. The van der Waals surface area contributed by atoms with Crippen LogP contribution in [0.2, 0.25) is 10.0 Å². The van der Waals surface area contributed by atoms with Crippen LogP contribution in [0, 0.1) is 11.7 Å². The maximum Gasteiger partial charge on any atom is 0.269 e. The first-order valence-corrected chi connectivity index (χ1v) is 8.89. The van der Waals surface area contributed by atoms with Crippen LogP contribution in [0.15, 0.2) is 42.5 Å². The minimum Gasteiger partial charge on any atom is -0.369 e. The lowest BCUT2D eigenvalue weighted by molar-refractivity contribution is -0.121. The fourth-order valence-electron chi connectivity index (χ4n) is 2.77. The van der Waals surface area contributed by atoms with Gasteiger partial charge in [-0.05, 0) is 42.3 Å². The molecule has 0 saturated heterocycles. The molecule has 3 aromatic rings. The van der Waals surface area contributed by atoms with E-state index in [1.165, 1.54) is 12.1 Å². The number of nitrogens with one attached hydrogen (secondary N) is 2. The van der Waals surface area contributed by atoms with Crippen LogP contribution in [-0.4, -0.2) is 23.3 Å². The molecule has 0 aliphatic heterocycles. The van der Waals surface area contributed by atoms with Crippen molar-refractivity contribution < 1.29 is 14.0 Å². The Morgan fingerprint density at radius 3 is 2.52 bits per heavy atom. The minimum atomic E-state index is -0.642. The molecule has 1 aromatic heterocycles. The van der Waals surface area contributed by atoms with Gasteiger partial charge in [-0.1, -0.05) is 35.3 Å². The maximum absolute atomic E-state index is 13.0. The molecule has 0 aliphatic carbocycles. The Hall–Kier alpha value is -2.57. The number of nitrogens with two attached hydrogens (primary N) is 1. The van der Waals surface area contributed by atoms with Gasteiger partial charge in [0, 0.05) is 22.5 Å². The molecule has 0 radical (unpaired) electrons. The number of aromatic amines is 1. The Kier molecular flexibility index (Phi) is 5.68. The van der Waals surface area contributed by atoms with Gasteiger partial charge in [0.25, 0.3) is 5.91 Å². The standard InChI is InChI=1S/C19H16Cl2FN3O2/c20-12-3-6-15-14(8-12)16(21)17(25-15)19(27)24-9-11(18(23)26)7-10-1-4-13(22)5-2-10/h1-6,8,11,25H,7,9H2,(H2,23,26)(H,24,27). The molecule has 0 saturated carbocycles. The summed E-state index contributed by atoms with van der Waals surface area (Å²) < 4.78 is 13.0. The molecular formula is C19H16Cl2FN3O2. The van der Waals surface area contributed by atoms with E-state index in [4.69, 9.17) is 28.9 Å². The highest BCUT2D eigenvalue weighted by Gasteiger charge is 2.21. The van der Waals surface area contributed by atoms with E-state index in [-0.39, 0.29) is 29.5 Å². The van der Waals surface area contributed by atoms with Gasteiger partial charge in [-0.3, -0.25) is 9.59 Å². The summed E-state index contributed by atoms with van der Waals surface area (Å²) in [6.07, 6.45) is 0.284. The highest BCUT2D eigenvalue weighted by molar-refractivity contribution is 6.39. The SMILES string of the molecule is NC(=O)C(CNC(=O)c1[nH]c2ccc(Cl)cc2c1Cl)Cc1ccc(F)cc1. The van der Waals surface area contributed by atoms with Crippen molar-refractivity contribution in [2.45, 2.75) is 6.42 Å². The zero-order valence-corrected chi connectivity index (χ0v) is 15.6. The lowest BCUT2D eigenvalue weighted by Crippen LogP contribution is -2.37. The van der Waals surface area contributed by atoms with Crippen LogP contribution < -0.4 is 11.1 Å². The molecular weight excluding hydrogens is 392 g/mol. The number of hydrogen-bond donors (Lipinski definition) is 3. The third-order valence-corrected chi connectivity index (χ3v) is 4.86. The van der Waals surface area contributed by atoms with E-state index in [0.717, 1.165) is 5.56 Å². The summed E-state index contributed by atoms with van der Waals surface area (Å²) in [5.41, 5.74) is 7.03. The molecule has 1 unspecified atom stereocenters. The van der Waals surface area contributed by atoms with Gasteiger partial charge in [0.1, 0.15) is 11.5 Å². The van der Waals surface area contributed by atoms with Crippen LogP contribution in [0.25, 0.3) is 10.9 Å². The Labute approximate surface area is 164 Å². The summed E-state index contributed by atoms with van der Waals surface area (Å²) in [5, 5.41) is 4.05. The minimum absolute atomic E-state index is 0.0258. The molecule has 27 heavy (non-hydrogen) atoms. The first-order valence-electron chi connectivity index (χ1n) is 8.14. The summed E-state index contributed by atoms with van der Waals surface area (Å²) in [6, 6.07) is 10.8. The van der Waals surface area contributed by atoms with Crippen molar-refractivity contribution in [2.24, 2.45) is 11.7 Å². The normalized spacial score (nSPS) is 12.1. The molecule has 3 rings (SSSR count). The van der Waals surface area contributed by atoms with Gasteiger partial charge in [0.2, 0.25) is 5.91 Å². The fourth-order valence-corrected chi connectivity index (χ4v) is 3.23. The number of benzene rings is 2. The van der Waals surface area contributed by atoms with Crippen LogP contribution in [0.1, 0.15) is 16.1 Å². The molecule has 0 spiro atoms. The van der Waals surface area contributed by atoms with Crippen LogP contribution in [0.3, 0.4) is 0 Å². The molecule has 4 N–H and O–H groups in total. The monoisotopic (exact) mass is 407 g/mol. The Bertz CT molecular complexity index is 1000. The second-order valence-electron chi connectivity index (χ2n) is 6.14. The van der Waals surface area contributed by atoms with E-state index < -0.39 is 17.7 Å². The number of fused-ring (bicyclic) bond motifs is 1. The highest BCUT2D eigenvalue weighted by Crippen LogP contribution is 2.29. The molecule has 8 heteroatoms. The molecule has 0 fully saturated rings. The van der Waals surface area contributed by atoms with Crippen molar-refractivity contribution in [1.82, 2.24) is 10.3 Å². The quantitative estimate of drug-likeness (QED) is 0.581. The summed E-state index contributed by atoms with van der Waals surface area (Å²) in [4.78, 5) is 27.1. The van der Waals surface area contributed by atoms with Crippen molar-refractivity contribution >= 4 is 45.9 Å². The summed E-state index contributed by atoms with van der Waals surface area (Å²) >= 11 is 12.2. The number of amides is 2. The van der Waals surface area contributed by atoms with Crippen molar-refractivity contribution in [2.75, 3.05) is 6.54 Å². The largest absolute Gasteiger partial charge is 0.369 e. The Balaban J connectivity index is 1.72. The summed E-state index contributed by atoms with van der Waals surface area (Å²) in [5.74, 6) is -2.03. The molecule has 1 heterocycles. The van der Waals surface area contributed by atoms with Gasteiger partial charge in [-0.15, -0.1) is 0 Å². The van der Waals surface area contributed by atoms with E-state index >= 15 is 0 Å². The fraction of sp³-hybridized carbons (Fsp3) is 0.158. The van der Waals surface area contributed by atoms with E-state index in [1.807, 2.05) is 0 Å². The van der Waals surface area contributed by atoms with Crippen molar-refractivity contribution in [3.63, 3.8) is 0 Å². The van der Waals surface area contributed by atoms with Crippen LogP contribution in [0.5, 0.6) is 0 Å². The number of hydrogen-bond acceptors (Lipinski definition) is 2. The van der Waals surface area contributed by atoms with E-state index in [2.05, 4.69) is 10.3 Å². The van der Waals surface area contributed by atoms with Crippen LogP contribution in [0.4, 0.5) is 4.39 Å². The molecule has 0 bridgehead atoms. The average Bonchev–Trinajstić information content (AvgIpc) is 2.96. The smallest absolute Gasteiger partial charge is 0.269 e. The predicted molar refractivity (Wildman–Crippen MR) is 103 cm³/mol. The van der Waals surface area contributed by atoms with Gasteiger partial charge < -0.3 is 16.0 Å². The van der Waals surface area contributed by atoms with Gasteiger partial charge in [-0.2, -0.15) is 0 Å². The zero-order valence-electron chi connectivity index (χ0n) is 14.1. The summed E-state index contributed by atoms with van der Waals surface area (Å²) in [6.45, 7) is 0.0258. The van der Waals surface area contributed by atoms with Gasteiger partial charge in [0.05, 0.1) is 10.9 Å². The number of rotatable bonds is 6. The molecule has 5 nitrogen and oxygen atoms in total.